The van der Waals surface area contributed by atoms with Crippen molar-refractivity contribution in [1.29, 1.82) is 0 Å². The molecule has 0 aromatic rings. The fraction of sp³-hybridized carbons (Fsp3) is 0.857. The molecule has 0 radical (unpaired) electrons. The minimum atomic E-state index is -0.827. The first kappa shape index (κ1) is 15.0. The van der Waals surface area contributed by atoms with Gasteiger partial charge < -0.3 is 10.4 Å². The maximum absolute atomic E-state index is 12.1. The van der Waals surface area contributed by atoms with E-state index >= 15 is 0 Å². The van der Waals surface area contributed by atoms with Gasteiger partial charge in [0.2, 0.25) is 5.91 Å². The molecule has 0 spiro atoms. The smallest absolute Gasteiger partial charge is 0.307 e. The number of carbonyl (C=O) groups is 2. The number of carboxylic acids is 1. The van der Waals surface area contributed by atoms with Gasteiger partial charge in [-0.3, -0.25) is 9.59 Å². The molecule has 1 amide bonds. The van der Waals surface area contributed by atoms with Crippen LogP contribution in [0.25, 0.3) is 0 Å². The highest BCUT2D eigenvalue weighted by atomic mass is 16.4. The number of amides is 1. The summed E-state index contributed by atoms with van der Waals surface area (Å²) in [4.78, 5) is 23.3. The van der Waals surface area contributed by atoms with Crippen molar-refractivity contribution in [3.05, 3.63) is 0 Å². The van der Waals surface area contributed by atoms with E-state index in [1.807, 2.05) is 6.92 Å². The second-order valence-electron chi connectivity index (χ2n) is 5.87. The van der Waals surface area contributed by atoms with Crippen molar-refractivity contribution >= 4 is 11.9 Å². The van der Waals surface area contributed by atoms with Crippen LogP contribution in [0.3, 0.4) is 0 Å². The first-order chi connectivity index (χ1) is 8.41. The van der Waals surface area contributed by atoms with Crippen molar-refractivity contribution in [2.45, 2.75) is 58.9 Å². The van der Waals surface area contributed by atoms with Gasteiger partial charge in [0.25, 0.3) is 0 Å². The number of nitrogens with one attached hydrogen (secondary N) is 1. The van der Waals surface area contributed by atoms with Crippen molar-refractivity contribution in [2.24, 2.45) is 17.8 Å². The predicted molar refractivity (Wildman–Crippen MR) is 70.1 cm³/mol. The lowest BCUT2D eigenvalue weighted by Gasteiger charge is -2.29. The molecule has 0 saturated heterocycles. The summed E-state index contributed by atoms with van der Waals surface area (Å²) < 4.78 is 0. The number of aliphatic carboxylic acids is 1. The first-order valence-corrected chi connectivity index (χ1v) is 6.95. The molecule has 0 heterocycles. The van der Waals surface area contributed by atoms with E-state index in [1.165, 1.54) is 0 Å². The Morgan fingerprint density at radius 2 is 1.72 bits per heavy atom. The average molecular weight is 255 g/mol. The Balaban J connectivity index is 2.55. The summed E-state index contributed by atoms with van der Waals surface area (Å²) in [5.74, 6) is -1.21. The van der Waals surface area contributed by atoms with E-state index in [0.717, 1.165) is 19.3 Å². The second kappa shape index (κ2) is 6.76. The molecule has 1 aliphatic carbocycles. The fourth-order valence-electron chi connectivity index (χ4n) is 2.86. The summed E-state index contributed by atoms with van der Waals surface area (Å²) in [6.07, 6.45) is 4.14. The lowest BCUT2D eigenvalue weighted by atomic mass is 9.78. The number of carbonyl (C=O) groups excluding carboxylic acids is 1. The zero-order chi connectivity index (χ0) is 13.7. The topological polar surface area (TPSA) is 66.4 Å². The van der Waals surface area contributed by atoms with Crippen LogP contribution in [0.4, 0.5) is 0 Å². The summed E-state index contributed by atoms with van der Waals surface area (Å²) in [6.45, 7) is 6.21. The normalized spacial score (nSPS) is 25.8. The SMILES string of the molecule is CC(C)CC(C)NC(=O)[C@@H]1CCCC[C@@H]1C(=O)O. The van der Waals surface area contributed by atoms with Gasteiger partial charge in [0.05, 0.1) is 11.8 Å². The Kier molecular flexibility index (Phi) is 5.63. The van der Waals surface area contributed by atoms with Gasteiger partial charge >= 0.3 is 5.97 Å². The largest absolute Gasteiger partial charge is 0.481 e. The molecule has 18 heavy (non-hydrogen) atoms. The number of hydrogen-bond donors (Lipinski definition) is 2. The molecule has 0 aliphatic heterocycles. The maximum Gasteiger partial charge on any atom is 0.307 e. The van der Waals surface area contributed by atoms with E-state index in [1.54, 1.807) is 0 Å². The quantitative estimate of drug-likeness (QED) is 0.793. The number of rotatable bonds is 5. The van der Waals surface area contributed by atoms with E-state index in [0.29, 0.717) is 18.8 Å². The Hall–Kier alpha value is -1.06. The van der Waals surface area contributed by atoms with Gasteiger partial charge in [0, 0.05) is 6.04 Å². The maximum atomic E-state index is 12.1. The molecule has 1 fully saturated rings. The second-order valence-corrected chi connectivity index (χ2v) is 5.87. The molecule has 1 aliphatic rings. The molecular weight excluding hydrogens is 230 g/mol. The van der Waals surface area contributed by atoms with Crippen LogP contribution < -0.4 is 5.32 Å². The zero-order valence-electron chi connectivity index (χ0n) is 11.6. The number of hydrogen-bond acceptors (Lipinski definition) is 2. The molecule has 0 bridgehead atoms. The molecule has 0 aromatic heterocycles. The van der Waals surface area contributed by atoms with Crippen LogP contribution in [0.5, 0.6) is 0 Å². The monoisotopic (exact) mass is 255 g/mol. The number of carboxylic acid groups (broad SMARTS) is 1. The highest BCUT2D eigenvalue weighted by Gasteiger charge is 2.35. The summed E-state index contributed by atoms with van der Waals surface area (Å²) in [7, 11) is 0. The van der Waals surface area contributed by atoms with Gasteiger partial charge in [-0.1, -0.05) is 26.7 Å². The molecule has 3 atom stereocenters. The minimum Gasteiger partial charge on any atom is -0.481 e. The Morgan fingerprint density at radius 3 is 2.22 bits per heavy atom. The van der Waals surface area contributed by atoms with Gasteiger partial charge in [-0.05, 0) is 32.1 Å². The Morgan fingerprint density at radius 1 is 1.17 bits per heavy atom. The minimum absolute atomic E-state index is 0.0738. The first-order valence-electron chi connectivity index (χ1n) is 6.95. The van der Waals surface area contributed by atoms with Gasteiger partial charge in [-0.25, -0.2) is 0 Å². The van der Waals surface area contributed by atoms with E-state index in [4.69, 9.17) is 5.11 Å². The third-order valence-electron chi connectivity index (χ3n) is 3.63. The van der Waals surface area contributed by atoms with E-state index < -0.39 is 11.9 Å². The molecule has 104 valence electrons. The molecular formula is C14H25NO3. The van der Waals surface area contributed by atoms with Gasteiger partial charge in [0.15, 0.2) is 0 Å². The van der Waals surface area contributed by atoms with Crippen LogP contribution in [0.15, 0.2) is 0 Å². The third-order valence-corrected chi connectivity index (χ3v) is 3.63. The van der Waals surface area contributed by atoms with Gasteiger partial charge in [-0.2, -0.15) is 0 Å². The molecule has 2 N–H and O–H groups in total. The average Bonchev–Trinajstić information content (AvgIpc) is 2.27. The zero-order valence-corrected chi connectivity index (χ0v) is 11.6. The van der Waals surface area contributed by atoms with Crippen LogP contribution in [-0.4, -0.2) is 23.0 Å². The lowest BCUT2D eigenvalue weighted by molar-refractivity contribution is -0.149. The van der Waals surface area contributed by atoms with Crippen LogP contribution in [0.2, 0.25) is 0 Å². The molecule has 1 rings (SSSR count). The molecule has 1 unspecified atom stereocenters. The third kappa shape index (κ3) is 4.31. The van der Waals surface area contributed by atoms with Crippen molar-refractivity contribution in [3.63, 3.8) is 0 Å². The molecule has 4 heteroatoms. The van der Waals surface area contributed by atoms with Crippen molar-refractivity contribution in [2.75, 3.05) is 0 Å². The Bertz CT molecular complexity index is 301. The van der Waals surface area contributed by atoms with E-state index in [-0.39, 0.29) is 17.9 Å². The van der Waals surface area contributed by atoms with Crippen LogP contribution in [0, 0.1) is 17.8 Å². The van der Waals surface area contributed by atoms with Crippen LogP contribution in [-0.2, 0) is 9.59 Å². The van der Waals surface area contributed by atoms with Gasteiger partial charge in [0.1, 0.15) is 0 Å². The van der Waals surface area contributed by atoms with Crippen molar-refractivity contribution in [3.8, 4) is 0 Å². The molecule has 4 nitrogen and oxygen atoms in total. The Labute approximate surface area is 109 Å². The highest BCUT2D eigenvalue weighted by Crippen LogP contribution is 2.30. The van der Waals surface area contributed by atoms with Crippen molar-refractivity contribution in [1.82, 2.24) is 5.32 Å². The highest BCUT2D eigenvalue weighted by molar-refractivity contribution is 5.85. The summed E-state index contributed by atoms with van der Waals surface area (Å²) in [5, 5.41) is 12.1. The van der Waals surface area contributed by atoms with Crippen molar-refractivity contribution < 1.29 is 14.7 Å². The summed E-state index contributed by atoms with van der Waals surface area (Å²) in [6, 6.07) is 0.119. The molecule has 0 aromatic carbocycles. The van der Waals surface area contributed by atoms with Crippen LogP contribution >= 0.6 is 0 Å². The fourth-order valence-corrected chi connectivity index (χ4v) is 2.86. The van der Waals surface area contributed by atoms with Crippen LogP contribution in [0.1, 0.15) is 52.9 Å². The summed E-state index contributed by atoms with van der Waals surface area (Å²) in [5.41, 5.74) is 0. The van der Waals surface area contributed by atoms with E-state index in [2.05, 4.69) is 19.2 Å². The standard InChI is InChI=1S/C14H25NO3/c1-9(2)8-10(3)15-13(16)11-6-4-5-7-12(11)14(17)18/h9-12H,4-8H2,1-3H3,(H,15,16)(H,17,18)/t10?,11-,12+/m1/s1. The molecule has 1 saturated carbocycles. The van der Waals surface area contributed by atoms with Gasteiger partial charge in [-0.15, -0.1) is 0 Å². The summed E-state index contributed by atoms with van der Waals surface area (Å²) >= 11 is 0. The predicted octanol–water partition coefficient (Wildman–Crippen LogP) is 2.43. The van der Waals surface area contributed by atoms with E-state index in [9.17, 15) is 9.59 Å². The lowest BCUT2D eigenvalue weighted by Crippen LogP contribution is -2.43.